The molecule has 110 valence electrons. The van der Waals surface area contributed by atoms with Crippen molar-refractivity contribution in [2.24, 2.45) is 5.41 Å². The van der Waals surface area contributed by atoms with Crippen LogP contribution in [-0.2, 0) is 0 Å². The van der Waals surface area contributed by atoms with Crippen LogP contribution in [0.3, 0.4) is 0 Å². The van der Waals surface area contributed by atoms with Crippen molar-refractivity contribution in [3.05, 3.63) is 16.8 Å². The SMILES string of the molecule is Cc1c(C(=O)O)sc2ncnc(SCCC(C)(C)C#N)c12. The molecule has 2 aromatic rings. The summed E-state index contributed by atoms with van der Waals surface area (Å²) in [5.41, 5.74) is 0.347. The van der Waals surface area contributed by atoms with Gasteiger partial charge in [-0.05, 0) is 32.8 Å². The molecule has 0 aliphatic carbocycles. The number of nitriles is 1. The van der Waals surface area contributed by atoms with E-state index >= 15 is 0 Å². The van der Waals surface area contributed by atoms with Gasteiger partial charge in [-0.3, -0.25) is 0 Å². The van der Waals surface area contributed by atoms with E-state index < -0.39 is 5.97 Å². The van der Waals surface area contributed by atoms with Crippen molar-refractivity contribution in [2.75, 3.05) is 5.75 Å². The summed E-state index contributed by atoms with van der Waals surface area (Å²) < 4.78 is 0. The standard InChI is InChI=1S/C14H15N3O2S2/c1-8-9-11(20-5-4-14(2,3)6-15)16-7-17-12(9)21-10(8)13(18)19/h7H,4-5H2,1-3H3,(H,18,19). The zero-order chi connectivity index (χ0) is 15.6. The number of nitrogens with zero attached hydrogens (tertiary/aromatic N) is 3. The predicted octanol–water partition coefficient (Wildman–Crippen LogP) is 3.73. The number of rotatable bonds is 5. The lowest BCUT2D eigenvalue weighted by molar-refractivity contribution is 0.0701. The highest BCUT2D eigenvalue weighted by molar-refractivity contribution is 7.99. The van der Waals surface area contributed by atoms with Crippen molar-refractivity contribution < 1.29 is 9.90 Å². The second-order valence-electron chi connectivity index (χ2n) is 5.31. The summed E-state index contributed by atoms with van der Waals surface area (Å²) in [5.74, 6) is -0.179. The molecule has 0 saturated carbocycles. The molecular formula is C14H15N3O2S2. The molecule has 2 aromatic heterocycles. The number of aromatic carboxylic acids is 1. The molecule has 0 unspecified atom stereocenters. The van der Waals surface area contributed by atoms with Gasteiger partial charge in [0.1, 0.15) is 21.1 Å². The number of thiophene rings is 1. The maximum atomic E-state index is 11.2. The molecule has 0 spiro atoms. The molecule has 2 rings (SSSR count). The van der Waals surface area contributed by atoms with E-state index in [2.05, 4.69) is 16.0 Å². The summed E-state index contributed by atoms with van der Waals surface area (Å²) in [7, 11) is 0. The maximum absolute atomic E-state index is 11.2. The van der Waals surface area contributed by atoms with Crippen LogP contribution in [-0.4, -0.2) is 26.8 Å². The van der Waals surface area contributed by atoms with Crippen LogP contribution in [0, 0.1) is 23.7 Å². The highest BCUT2D eigenvalue weighted by atomic mass is 32.2. The average molecular weight is 321 g/mol. The number of carboxylic acid groups (broad SMARTS) is 1. The van der Waals surface area contributed by atoms with Crippen LogP contribution in [0.25, 0.3) is 10.2 Å². The molecule has 0 aliphatic heterocycles. The van der Waals surface area contributed by atoms with Crippen LogP contribution < -0.4 is 0 Å². The van der Waals surface area contributed by atoms with E-state index in [1.165, 1.54) is 17.7 Å². The highest BCUT2D eigenvalue weighted by Crippen LogP contribution is 2.36. The Balaban J connectivity index is 2.29. The van der Waals surface area contributed by atoms with E-state index in [9.17, 15) is 9.90 Å². The predicted molar refractivity (Wildman–Crippen MR) is 83.8 cm³/mol. The van der Waals surface area contributed by atoms with Crippen molar-refractivity contribution in [2.45, 2.75) is 32.2 Å². The van der Waals surface area contributed by atoms with Gasteiger partial charge in [-0.15, -0.1) is 23.1 Å². The molecule has 5 nitrogen and oxygen atoms in total. The van der Waals surface area contributed by atoms with Gasteiger partial charge in [-0.1, -0.05) is 0 Å². The number of thioether (sulfide) groups is 1. The van der Waals surface area contributed by atoms with Crippen LogP contribution in [0.5, 0.6) is 0 Å². The second-order valence-corrected chi connectivity index (χ2v) is 7.40. The number of aryl methyl sites for hydroxylation is 1. The Hall–Kier alpha value is -1.65. The summed E-state index contributed by atoms with van der Waals surface area (Å²) in [6, 6.07) is 2.27. The fourth-order valence-corrected chi connectivity index (χ4v) is 4.19. The van der Waals surface area contributed by atoms with Gasteiger partial charge in [0.15, 0.2) is 0 Å². The van der Waals surface area contributed by atoms with Crippen LogP contribution in [0.1, 0.15) is 35.5 Å². The highest BCUT2D eigenvalue weighted by Gasteiger charge is 2.20. The molecule has 0 radical (unpaired) electrons. The summed E-state index contributed by atoms with van der Waals surface area (Å²) in [4.78, 5) is 20.6. The smallest absolute Gasteiger partial charge is 0.346 e. The number of fused-ring (bicyclic) bond motifs is 1. The minimum Gasteiger partial charge on any atom is -0.477 e. The molecule has 0 aliphatic rings. The van der Waals surface area contributed by atoms with Crippen LogP contribution in [0.4, 0.5) is 0 Å². The van der Waals surface area contributed by atoms with Gasteiger partial charge in [0.25, 0.3) is 0 Å². The first-order valence-electron chi connectivity index (χ1n) is 6.37. The summed E-state index contributed by atoms with van der Waals surface area (Å²) in [6.07, 6.45) is 2.20. The Morgan fingerprint density at radius 2 is 2.24 bits per heavy atom. The molecule has 0 fully saturated rings. The third kappa shape index (κ3) is 3.34. The number of hydrogen-bond donors (Lipinski definition) is 1. The van der Waals surface area contributed by atoms with Gasteiger partial charge < -0.3 is 5.11 Å². The van der Waals surface area contributed by atoms with E-state index in [1.807, 2.05) is 13.8 Å². The molecular weight excluding hydrogens is 306 g/mol. The Morgan fingerprint density at radius 3 is 2.86 bits per heavy atom. The van der Waals surface area contributed by atoms with Gasteiger partial charge in [0, 0.05) is 11.1 Å². The third-order valence-electron chi connectivity index (χ3n) is 3.15. The van der Waals surface area contributed by atoms with Gasteiger partial charge in [-0.25, -0.2) is 14.8 Å². The molecule has 2 heterocycles. The monoisotopic (exact) mass is 321 g/mol. The van der Waals surface area contributed by atoms with Crippen molar-refractivity contribution in [1.82, 2.24) is 9.97 Å². The average Bonchev–Trinajstić information content (AvgIpc) is 2.77. The lowest BCUT2D eigenvalue weighted by Crippen LogP contribution is -2.08. The maximum Gasteiger partial charge on any atom is 0.346 e. The van der Waals surface area contributed by atoms with Gasteiger partial charge in [0.2, 0.25) is 0 Å². The fraction of sp³-hybridized carbons (Fsp3) is 0.429. The van der Waals surface area contributed by atoms with Crippen molar-refractivity contribution in [3.63, 3.8) is 0 Å². The number of carbonyl (C=O) groups is 1. The summed E-state index contributed by atoms with van der Waals surface area (Å²) in [6.45, 7) is 5.60. The van der Waals surface area contributed by atoms with E-state index in [0.717, 1.165) is 22.6 Å². The topological polar surface area (TPSA) is 86.9 Å². The van der Waals surface area contributed by atoms with E-state index in [1.54, 1.807) is 18.7 Å². The van der Waals surface area contributed by atoms with E-state index in [4.69, 9.17) is 5.26 Å². The molecule has 0 saturated heterocycles. The second kappa shape index (κ2) is 6.00. The normalized spacial score (nSPS) is 11.5. The lowest BCUT2D eigenvalue weighted by atomic mass is 9.93. The first kappa shape index (κ1) is 15.7. The molecule has 1 N–H and O–H groups in total. The van der Waals surface area contributed by atoms with Crippen LogP contribution in [0.15, 0.2) is 11.4 Å². The van der Waals surface area contributed by atoms with Crippen molar-refractivity contribution in [1.29, 1.82) is 5.26 Å². The Kier molecular flexibility index (Phi) is 4.49. The van der Waals surface area contributed by atoms with Gasteiger partial charge >= 0.3 is 5.97 Å². The number of aromatic nitrogens is 2. The fourth-order valence-electron chi connectivity index (χ4n) is 1.81. The van der Waals surface area contributed by atoms with Crippen LogP contribution in [0.2, 0.25) is 0 Å². The summed E-state index contributed by atoms with van der Waals surface area (Å²) in [5, 5.41) is 19.8. The minimum absolute atomic E-state index is 0.310. The lowest BCUT2D eigenvalue weighted by Gasteiger charge is -2.13. The first-order valence-corrected chi connectivity index (χ1v) is 8.17. The minimum atomic E-state index is -0.933. The largest absolute Gasteiger partial charge is 0.477 e. The van der Waals surface area contributed by atoms with E-state index in [0.29, 0.717) is 15.3 Å². The first-order chi connectivity index (χ1) is 9.85. The van der Waals surface area contributed by atoms with Crippen LogP contribution >= 0.6 is 23.1 Å². The third-order valence-corrected chi connectivity index (χ3v) is 5.33. The van der Waals surface area contributed by atoms with E-state index in [-0.39, 0.29) is 5.41 Å². The van der Waals surface area contributed by atoms with Crippen molar-refractivity contribution >= 4 is 39.3 Å². The zero-order valence-electron chi connectivity index (χ0n) is 12.0. The molecule has 0 bridgehead atoms. The number of carboxylic acids is 1. The van der Waals surface area contributed by atoms with Gasteiger partial charge in [0.05, 0.1) is 11.5 Å². The Bertz CT molecular complexity index is 732. The zero-order valence-corrected chi connectivity index (χ0v) is 13.6. The Morgan fingerprint density at radius 1 is 1.52 bits per heavy atom. The molecule has 21 heavy (non-hydrogen) atoms. The molecule has 0 atom stereocenters. The quantitative estimate of drug-likeness (QED) is 0.667. The number of hydrogen-bond acceptors (Lipinski definition) is 6. The van der Waals surface area contributed by atoms with Gasteiger partial charge in [-0.2, -0.15) is 5.26 Å². The molecule has 0 aromatic carbocycles. The Labute approximate surface area is 131 Å². The summed E-state index contributed by atoms with van der Waals surface area (Å²) >= 11 is 2.72. The molecule has 7 heteroatoms. The molecule has 0 amide bonds. The van der Waals surface area contributed by atoms with Crippen molar-refractivity contribution in [3.8, 4) is 6.07 Å².